The molecule has 0 spiro atoms. The maximum atomic E-state index is 12.4. The fourth-order valence-corrected chi connectivity index (χ4v) is 3.06. The minimum atomic E-state index is -1.000. The minimum Gasteiger partial charge on any atom is -0.478 e. The van der Waals surface area contributed by atoms with E-state index in [2.05, 4.69) is 5.32 Å². The third kappa shape index (κ3) is 6.16. The standard InChI is InChI=1S/C18H31N3O4/c1-12(2)15(10-13(3)18(24)25)21(5)16(22)11-19-17(23)14-8-6-7-9-20(14)4/h10,12,14-15H,6-9,11H2,1-5H3,(H,19,23)(H,24,25)/t14?,15-/m1/s1. The van der Waals surface area contributed by atoms with Crippen LogP contribution in [0.25, 0.3) is 0 Å². The summed E-state index contributed by atoms with van der Waals surface area (Å²) in [5, 5.41) is 11.8. The van der Waals surface area contributed by atoms with E-state index in [0.717, 1.165) is 25.8 Å². The first-order valence-corrected chi connectivity index (χ1v) is 8.80. The number of carbonyl (C=O) groups is 3. The lowest BCUT2D eigenvalue weighted by molar-refractivity contribution is -0.135. The SMILES string of the molecule is CC(=C[C@H](C(C)C)N(C)C(=O)CNC(=O)C1CCCCN1C)C(=O)O. The number of carbonyl (C=O) groups excluding carboxylic acids is 2. The van der Waals surface area contributed by atoms with Gasteiger partial charge in [-0.1, -0.05) is 26.3 Å². The van der Waals surface area contributed by atoms with E-state index in [-0.39, 0.29) is 41.9 Å². The molecule has 0 aliphatic carbocycles. The smallest absolute Gasteiger partial charge is 0.331 e. The zero-order valence-corrected chi connectivity index (χ0v) is 15.9. The molecule has 1 unspecified atom stereocenters. The van der Waals surface area contributed by atoms with E-state index in [0.29, 0.717) is 0 Å². The Morgan fingerprint density at radius 1 is 1.32 bits per heavy atom. The van der Waals surface area contributed by atoms with Crippen LogP contribution in [-0.4, -0.2) is 72.0 Å². The molecule has 0 aromatic carbocycles. The van der Waals surface area contributed by atoms with E-state index in [1.165, 1.54) is 11.8 Å². The third-order valence-corrected chi connectivity index (χ3v) is 4.77. The van der Waals surface area contributed by atoms with Crippen LogP contribution in [0, 0.1) is 5.92 Å². The average Bonchev–Trinajstić information content (AvgIpc) is 2.56. The normalized spacial score (nSPS) is 20.2. The van der Waals surface area contributed by atoms with Crippen molar-refractivity contribution in [3.8, 4) is 0 Å². The maximum absolute atomic E-state index is 12.4. The molecule has 0 bridgehead atoms. The summed E-state index contributed by atoms with van der Waals surface area (Å²) in [5.41, 5.74) is 0.200. The van der Waals surface area contributed by atoms with Crippen LogP contribution in [0.3, 0.4) is 0 Å². The molecular weight excluding hydrogens is 322 g/mol. The minimum absolute atomic E-state index is 0.0587. The second kappa shape index (κ2) is 9.56. The number of hydrogen-bond acceptors (Lipinski definition) is 4. The van der Waals surface area contributed by atoms with Crippen molar-refractivity contribution in [3.63, 3.8) is 0 Å². The number of carboxylic acid groups (broad SMARTS) is 1. The van der Waals surface area contributed by atoms with E-state index in [1.807, 2.05) is 25.8 Å². The number of carboxylic acids is 1. The molecule has 142 valence electrons. The molecule has 0 aromatic rings. The van der Waals surface area contributed by atoms with Gasteiger partial charge in [0, 0.05) is 12.6 Å². The molecule has 1 heterocycles. The van der Waals surface area contributed by atoms with Gasteiger partial charge in [0.1, 0.15) is 0 Å². The molecule has 0 aromatic heterocycles. The second-order valence-electron chi connectivity index (χ2n) is 7.10. The lowest BCUT2D eigenvalue weighted by Gasteiger charge is -2.32. The van der Waals surface area contributed by atoms with E-state index >= 15 is 0 Å². The van der Waals surface area contributed by atoms with Gasteiger partial charge in [-0.15, -0.1) is 0 Å². The summed E-state index contributed by atoms with van der Waals surface area (Å²) < 4.78 is 0. The topological polar surface area (TPSA) is 90.0 Å². The fourth-order valence-electron chi connectivity index (χ4n) is 3.06. The van der Waals surface area contributed by atoms with Crippen LogP contribution in [0.2, 0.25) is 0 Å². The predicted octanol–water partition coefficient (Wildman–Crippen LogP) is 1.10. The maximum Gasteiger partial charge on any atom is 0.331 e. The molecule has 0 saturated carbocycles. The highest BCUT2D eigenvalue weighted by Gasteiger charge is 2.27. The molecule has 1 aliphatic heterocycles. The molecule has 2 N–H and O–H groups in total. The van der Waals surface area contributed by atoms with Gasteiger partial charge >= 0.3 is 5.97 Å². The van der Waals surface area contributed by atoms with Crippen LogP contribution in [0.1, 0.15) is 40.0 Å². The number of aliphatic carboxylic acids is 1. The highest BCUT2D eigenvalue weighted by Crippen LogP contribution is 2.15. The summed E-state index contributed by atoms with van der Waals surface area (Å²) in [4.78, 5) is 39.3. The van der Waals surface area contributed by atoms with Crippen molar-refractivity contribution in [2.75, 3.05) is 27.2 Å². The van der Waals surface area contributed by atoms with Crippen molar-refractivity contribution in [1.29, 1.82) is 0 Å². The van der Waals surface area contributed by atoms with Crippen molar-refractivity contribution >= 4 is 17.8 Å². The first-order valence-electron chi connectivity index (χ1n) is 8.80. The quantitative estimate of drug-likeness (QED) is 0.669. The molecule has 1 aliphatic rings. The Morgan fingerprint density at radius 2 is 1.96 bits per heavy atom. The van der Waals surface area contributed by atoms with Gasteiger partial charge in [0.05, 0.1) is 18.6 Å². The van der Waals surface area contributed by atoms with Crippen molar-refractivity contribution < 1.29 is 19.5 Å². The molecule has 7 heteroatoms. The summed E-state index contributed by atoms with van der Waals surface area (Å²) in [5.74, 6) is -1.30. The Bertz CT molecular complexity index is 530. The van der Waals surface area contributed by atoms with Crippen LogP contribution in [-0.2, 0) is 14.4 Å². The number of nitrogens with one attached hydrogen (secondary N) is 1. The summed E-state index contributed by atoms with van der Waals surface area (Å²) in [7, 11) is 3.56. The predicted molar refractivity (Wildman–Crippen MR) is 96.1 cm³/mol. The number of likely N-dealkylation sites (N-methyl/N-ethyl adjacent to an activating group) is 2. The van der Waals surface area contributed by atoms with Gasteiger partial charge in [-0.05, 0) is 39.3 Å². The van der Waals surface area contributed by atoms with E-state index in [9.17, 15) is 14.4 Å². The fraction of sp³-hybridized carbons (Fsp3) is 0.722. The average molecular weight is 353 g/mol. The molecule has 2 atom stereocenters. The third-order valence-electron chi connectivity index (χ3n) is 4.77. The lowest BCUT2D eigenvalue weighted by atomic mass is 10.00. The highest BCUT2D eigenvalue weighted by molar-refractivity contribution is 5.88. The Hall–Kier alpha value is -1.89. The van der Waals surface area contributed by atoms with Crippen molar-refractivity contribution in [3.05, 3.63) is 11.6 Å². The van der Waals surface area contributed by atoms with Gasteiger partial charge < -0.3 is 15.3 Å². The van der Waals surface area contributed by atoms with Crippen molar-refractivity contribution in [1.82, 2.24) is 15.1 Å². The molecule has 1 saturated heterocycles. The van der Waals surface area contributed by atoms with E-state index in [4.69, 9.17) is 5.11 Å². The van der Waals surface area contributed by atoms with Crippen molar-refractivity contribution in [2.24, 2.45) is 5.92 Å². The van der Waals surface area contributed by atoms with Gasteiger partial charge in [-0.25, -0.2) is 4.79 Å². The summed E-state index contributed by atoms with van der Waals surface area (Å²) >= 11 is 0. The van der Waals surface area contributed by atoms with Crippen LogP contribution in [0.5, 0.6) is 0 Å². The van der Waals surface area contributed by atoms with Gasteiger partial charge in [0.25, 0.3) is 0 Å². The van der Waals surface area contributed by atoms with Crippen LogP contribution in [0.4, 0.5) is 0 Å². The van der Waals surface area contributed by atoms with Crippen LogP contribution < -0.4 is 5.32 Å². The number of rotatable bonds is 7. The Morgan fingerprint density at radius 3 is 2.48 bits per heavy atom. The largest absolute Gasteiger partial charge is 0.478 e. The summed E-state index contributed by atoms with van der Waals surface area (Å²) in [6.45, 7) is 6.17. The lowest BCUT2D eigenvalue weighted by Crippen LogP contribution is -2.51. The number of likely N-dealkylation sites (tertiary alicyclic amines) is 1. The molecule has 7 nitrogen and oxygen atoms in total. The molecule has 2 amide bonds. The Kier molecular flexibility index (Phi) is 8.09. The first kappa shape index (κ1) is 21.2. The number of hydrogen-bond donors (Lipinski definition) is 2. The van der Waals surface area contributed by atoms with Crippen LogP contribution >= 0.6 is 0 Å². The first-order chi connectivity index (χ1) is 11.6. The van der Waals surface area contributed by atoms with Crippen LogP contribution in [0.15, 0.2) is 11.6 Å². The number of nitrogens with zero attached hydrogens (tertiary/aromatic N) is 2. The van der Waals surface area contributed by atoms with Gasteiger partial charge in [0.15, 0.2) is 0 Å². The number of piperidine rings is 1. The Labute approximate surface area is 150 Å². The Balaban J connectivity index is 2.66. The van der Waals surface area contributed by atoms with Crippen molar-refractivity contribution in [2.45, 2.75) is 52.1 Å². The number of amides is 2. The zero-order chi connectivity index (χ0) is 19.1. The monoisotopic (exact) mass is 353 g/mol. The van der Waals surface area contributed by atoms with E-state index < -0.39 is 5.97 Å². The van der Waals surface area contributed by atoms with Gasteiger partial charge in [-0.2, -0.15) is 0 Å². The molecular formula is C18H31N3O4. The summed E-state index contributed by atoms with van der Waals surface area (Å²) in [6.07, 6.45) is 4.50. The summed E-state index contributed by atoms with van der Waals surface area (Å²) in [6, 6.07) is -0.514. The molecule has 1 fully saturated rings. The van der Waals surface area contributed by atoms with Gasteiger partial charge in [0.2, 0.25) is 11.8 Å². The molecule has 1 rings (SSSR count). The van der Waals surface area contributed by atoms with Gasteiger partial charge in [-0.3, -0.25) is 14.5 Å². The molecule has 25 heavy (non-hydrogen) atoms. The zero-order valence-electron chi connectivity index (χ0n) is 15.9. The molecule has 0 radical (unpaired) electrons. The second-order valence-corrected chi connectivity index (χ2v) is 7.10. The van der Waals surface area contributed by atoms with E-state index in [1.54, 1.807) is 13.1 Å². The highest BCUT2D eigenvalue weighted by atomic mass is 16.4.